The van der Waals surface area contributed by atoms with Gasteiger partial charge in [0.1, 0.15) is 0 Å². The Hall–Kier alpha value is -1.90. The summed E-state index contributed by atoms with van der Waals surface area (Å²) in [4.78, 5) is 18.8. The van der Waals surface area contributed by atoms with E-state index in [0.717, 1.165) is 22.2 Å². The zero-order valence-corrected chi connectivity index (χ0v) is 12.0. The molecule has 0 aliphatic carbocycles. The van der Waals surface area contributed by atoms with Crippen LogP contribution >= 0.6 is 0 Å². The van der Waals surface area contributed by atoms with Crippen LogP contribution in [0, 0.1) is 0 Å². The van der Waals surface area contributed by atoms with E-state index in [-0.39, 0.29) is 5.91 Å². The molecule has 0 aliphatic heterocycles. The van der Waals surface area contributed by atoms with Crippen LogP contribution < -0.4 is 0 Å². The highest BCUT2D eigenvalue weighted by Crippen LogP contribution is 2.23. The van der Waals surface area contributed by atoms with Gasteiger partial charge in [-0.05, 0) is 25.0 Å². The normalized spacial score (nSPS) is 11.0. The summed E-state index contributed by atoms with van der Waals surface area (Å²) >= 11 is 0. The number of carbonyl (C=O) groups is 1. The summed E-state index contributed by atoms with van der Waals surface area (Å²) in [5, 5.41) is 0.928. The molecule has 0 spiro atoms. The van der Waals surface area contributed by atoms with Crippen molar-refractivity contribution in [2.24, 2.45) is 0 Å². The van der Waals surface area contributed by atoms with Crippen molar-refractivity contribution < 1.29 is 4.79 Å². The topological polar surface area (TPSA) is 33.2 Å². The molecule has 100 valence electrons. The Morgan fingerprint density at radius 2 is 2.00 bits per heavy atom. The van der Waals surface area contributed by atoms with Gasteiger partial charge in [0, 0.05) is 24.7 Å². The van der Waals surface area contributed by atoms with Crippen molar-refractivity contribution in [3.8, 4) is 0 Å². The molecule has 2 aromatic rings. The monoisotopic (exact) mass is 256 g/mol. The van der Waals surface area contributed by atoms with Gasteiger partial charge in [-0.3, -0.25) is 9.78 Å². The second kappa shape index (κ2) is 5.39. The molecular weight excluding hydrogens is 236 g/mol. The molecule has 0 saturated carbocycles. The van der Waals surface area contributed by atoms with Crippen molar-refractivity contribution in [1.82, 2.24) is 9.88 Å². The number of carbonyl (C=O) groups excluding carboxylic acids is 1. The largest absolute Gasteiger partial charge is 0.342 e. The fourth-order valence-corrected chi connectivity index (χ4v) is 2.02. The van der Waals surface area contributed by atoms with Gasteiger partial charge in [-0.15, -0.1) is 0 Å². The highest BCUT2D eigenvalue weighted by Gasteiger charge is 2.16. The van der Waals surface area contributed by atoms with Gasteiger partial charge in [0.25, 0.3) is 5.91 Å². The summed E-state index contributed by atoms with van der Waals surface area (Å²) in [7, 11) is 1.83. The number of rotatable bonds is 3. The highest BCUT2D eigenvalue weighted by molar-refractivity contribution is 6.06. The van der Waals surface area contributed by atoms with Gasteiger partial charge in [-0.25, -0.2) is 0 Å². The Morgan fingerprint density at radius 3 is 2.63 bits per heavy atom. The molecule has 0 fully saturated rings. The van der Waals surface area contributed by atoms with Gasteiger partial charge in [0.05, 0.1) is 11.1 Å². The van der Waals surface area contributed by atoms with Crippen molar-refractivity contribution in [3.05, 3.63) is 41.6 Å². The minimum Gasteiger partial charge on any atom is -0.342 e. The maximum atomic E-state index is 12.5. The van der Waals surface area contributed by atoms with Gasteiger partial charge in [-0.1, -0.05) is 32.0 Å². The lowest BCUT2D eigenvalue weighted by Crippen LogP contribution is -2.26. The first-order valence-electron chi connectivity index (χ1n) is 6.69. The molecule has 0 N–H and O–H groups in total. The quantitative estimate of drug-likeness (QED) is 0.842. The zero-order chi connectivity index (χ0) is 14.0. The predicted octanol–water partition coefficient (Wildman–Crippen LogP) is 3.45. The molecule has 0 unspecified atom stereocenters. The van der Waals surface area contributed by atoms with E-state index in [1.165, 1.54) is 0 Å². The number of para-hydroxylation sites is 1. The Morgan fingerprint density at radius 1 is 1.32 bits per heavy atom. The third-order valence-corrected chi connectivity index (χ3v) is 3.38. The van der Waals surface area contributed by atoms with E-state index in [2.05, 4.69) is 18.8 Å². The first kappa shape index (κ1) is 13.5. The lowest BCUT2D eigenvalue weighted by molar-refractivity contribution is 0.0804. The second-order valence-corrected chi connectivity index (χ2v) is 5.09. The molecule has 0 atom stereocenters. The molecule has 3 nitrogen and oxygen atoms in total. The first-order valence-corrected chi connectivity index (χ1v) is 6.69. The average molecular weight is 256 g/mol. The molecule has 1 heterocycles. The van der Waals surface area contributed by atoms with Crippen molar-refractivity contribution in [2.75, 3.05) is 13.6 Å². The summed E-state index contributed by atoms with van der Waals surface area (Å²) in [6.07, 6.45) is 0. The molecule has 1 amide bonds. The van der Waals surface area contributed by atoms with Crippen LogP contribution in [0.25, 0.3) is 10.9 Å². The van der Waals surface area contributed by atoms with Gasteiger partial charge >= 0.3 is 0 Å². The van der Waals surface area contributed by atoms with E-state index >= 15 is 0 Å². The van der Waals surface area contributed by atoms with Crippen LogP contribution in [0.3, 0.4) is 0 Å². The van der Waals surface area contributed by atoms with Crippen LogP contribution in [-0.2, 0) is 0 Å². The Kier molecular flexibility index (Phi) is 3.84. The Balaban J connectivity index is 2.66. The summed E-state index contributed by atoms with van der Waals surface area (Å²) in [6, 6.07) is 9.76. The van der Waals surface area contributed by atoms with E-state index in [0.29, 0.717) is 12.5 Å². The van der Waals surface area contributed by atoms with Gasteiger partial charge in [0.15, 0.2) is 0 Å². The van der Waals surface area contributed by atoms with E-state index in [4.69, 9.17) is 0 Å². The van der Waals surface area contributed by atoms with E-state index in [9.17, 15) is 4.79 Å². The molecule has 1 aromatic carbocycles. The molecule has 3 heteroatoms. The summed E-state index contributed by atoms with van der Waals surface area (Å²) in [5.74, 6) is 0.367. The fraction of sp³-hybridized carbons (Fsp3) is 0.375. The predicted molar refractivity (Wildman–Crippen MR) is 78.5 cm³/mol. The summed E-state index contributed by atoms with van der Waals surface area (Å²) < 4.78 is 0. The van der Waals surface area contributed by atoms with Gasteiger partial charge in [0.2, 0.25) is 0 Å². The van der Waals surface area contributed by atoms with Crippen LogP contribution in [-0.4, -0.2) is 29.4 Å². The van der Waals surface area contributed by atoms with Crippen LogP contribution in [0.2, 0.25) is 0 Å². The number of aromatic nitrogens is 1. The lowest BCUT2D eigenvalue weighted by atomic mass is 10.0. The SMILES string of the molecule is CCN(C)C(=O)c1cc(C(C)C)nc2ccccc12. The van der Waals surface area contributed by atoms with Crippen LogP contribution in [0.15, 0.2) is 30.3 Å². The smallest absolute Gasteiger partial charge is 0.254 e. The number of benzene rings is 1. The third-order valence-electron chi connectivity index (χ3n) is 3.38. The maximum Gasteiger partial charge on any atom is 0.254 e. The van der Waals surface area contributed by atoms with Crippen LogP contribution in [0.5, 0.6) is 0 Å². The molecule has 0 bridgehead atoms. The summed E-state index contributed by atoms with van der Waals surface area (Å²) in [5.41, 5.74) is 2.60. The van der Waals surface area contributed by atoms with E-state index in [1.807, 2.05) is 44.3 Å². The number of hydrogen-bond donors (Lipinski definition) is 0. The van der Waals surface area contributed by atoms with Crippen molar-refractivity contribution in [1.29, 1.82) is 0 Å². The molecule has 1 aromatic heterocycles. The number of nitrogens with zero attached hydrogens (tertiary/aromatic N) is 2. The van der Waals surface area contributed by atoms with E-state index in [1.54, 1.807) is 4.90 Å². The second-order valence-electron chi connectivity index (χ2n) is 5.09. The molecular formula is C16H20N2O. The highest BCUT2D eigenvalue weighted by atomic mass is 16.2. The minimum atomic E-state index is 0.0583. The van der Waals surface area contributed by atoms with Crippen molar-refractivity contribution in [3.63, 3.8) is 0 Å². The third kappa shape index (κ3) is 2.60. The van der Waals surface area contributed by atoms with Crippen molar-refractivity contribution in [2.45, 2.75) is 26.7 Å². The van der Waals surface area contributed by atoms with Gasteiger partial charge in [-0.2, -0.15) is 0 Å². The van der Waals surface area contributed by atoms with Gasteiger partial charge < -0.3 is 4.90 Å². The fourth-order valence-electron chi connectivity index (χ4n) is 2.02. The number of amides is 1. The number of pyridine rings is 1. The van der Waals surface area contributed by atoms with Crippen LogP contribution in [0.1, 0.15) is 42.7 Å². The lowest BCUT2D eigenvalue weighted by Gasteiger charge is -2.17. The van der Waals surface area contributed by atoms with E-state index < -0.39 is 0 Å². The Labute approximate surface area is 114 Å². The zero-order valence-electron chi connectivity index (χ0n) is 12.0. The average Bonchev–Trinajstić information content (AvgIpc) is 2.44. The molecule has 0 saturated heterocycles. The first-order chi connectivity index (χ1) is 9.04. The molecule has 0 aliphatic rings. The molecule has 19 heavy (non-hydrogen) atoms. The standard InChI is InChI=1S/C16H20N2O/c1-5-18(4)16(19)13-10-15(11(2)3)17-14-9-7-6-8-12(13)14/h6-11H,5H2,1-4H3. The molecule has 2 rings (SSSR count). The number of hydrogen-bond acceptors (Lipinski definition) is 2. The van der Waals surface area contributed by atoms with Crippen molar-refractivity contribution >= 4 is 16.8 Å². The Bertz CT molecular complexity index is 605. The van der Waals surface area contributed by atoms with Crippen LogP contribution in [0.4, 0.5) is 0 Å². The molecule has 0 radical (unpaired) electrons. The summed E-state index contributed by atoms with van der Waals surface area (Å²) in [6.45, 7) is 6.86. The number of fused-ring (bicyclic) bond motifs is 1. The maximum absolute atomic E-state index is 12.5. The minimum absolute atomic E-state index is 0.0583.